The van der Waals surface area contributed by atoms with Crippen LogP contribution in [0.25, 0.3) is 4.91 Å². The molecule has 1 rings (SSSR count). The van der Waals surface area contributed by atoms with Gasteiger partial charge in [-0.25, -0.2) is 4.39 Å². The van der Waals surface area contributed by atoms with Crippen molar-refractivity contribution in [3.8, 4) is 0 Å². The van der Waals surface area contributed by atoms with Crippen LogP contribution in [-0.2, 0) is 0 Å². The Balaban J connectivity index is 0.00000137. The van der Waals surface area contributed by atoms with Crippen molar-refractivity contribution in [2.45, 2.75) is 47.5 Å². The summed E-state index contributed by atoms with van der Waals surface area (Å²) in [4.78, 5) is 0.404. The van der Waals surface area contributed by atoms with Crippen molar-refractivity contribution in [2.24, 2.45) is 0 Å². The summed E-state index contributed by atoms with van der Waals surface area (Å²) in [5, 5.41) is 0. The van der Waals surface area contributed by atoms with Gasteiger partial charge >= 0.3 is 0 Å². The predicted molar refractivity (Wildman–Crippen MR) is 83.7 cm³/mol. The van der Waals surface area contributed by atoms with E-state index in [0.717, 1.165) is 16.7 Å². The summed E-state index contributed by atoms with van der Waals surface area (Å²) >= 11 is 4.25. The fourth-order valence-corrected chi connectivity index (χ4v) is 2.10. The quantitative estimate of drug-likeness (QED) is 0.552. The van der Waals surface area contributed by atoms with Crippen LogP contribution in [0.15, 0.2) is 18.0 Å². The second kappa shape index (κ2) is 7.47. The molecule has 0 saturated heterocycles. The van der Waals surface area contributed by atoms with Gasteiger partial charge in [-0.3, -0.25) is 0 Å². The topological polar surface area (TPSA) is 26.0 Å². The maximum atomic E-state index is 13.3. The molecule has 0 fully saturated rings. The van der Waals surface area contributed by atoms with Crippen molar-refractivity contribution in [1.29, 1.82) is 0 Å². The first kappa shape index (κ1) is 17.0. The van der Waals surface area contributed by atoms with Crippen LogP contribution in [0.3, 0.4) is 0 Å². The standard InChI is InChI=1S/C13H18FNS.C2H6/c1-7(2)11-6-10(15)5-8(3)12(11)13(16)9(4)14;1-2/h5-7,16H,15H2,1-4H3;1-2H3/b13-9-;. The van der Waals surface area contributed by atoms with E-state index in [2.05, 4.69) is 26.5 Å². The first-order chi connectivity index (χ1) is 8.34. The van der Waals surface area contributed by atoms with Crippen molar-refractivity contribution in [1.82, 2.24) is 0 Å². The van der Waals surface area contributed by atoms with E-state index in [0.29, 0.717) is 16.5 Å². The molecule has 0 saturated carbocycles. The van der Waals surface area contributed by atoms with Crippen LogP contribution < -0.4 is 5.73 Å². The van der Waals surface area contributed by atoms with Gasteiger partial charge < -0.3 is 5.73 Å². The van der Waals surface area contributed by atoms with Gasteiger partial charge in [-0.1, -0.05) is 27.7 Å². The Bertz CT molecular complexity index is 432. The number of hydrogen-bond donors (Lipinski definition) is 2. The van der Waals surface area contributed by atoms with Crippen molar-refractivity contribution in [3.63, 3.8) is 0 Å². The highest BCUT2D eigenvalue weighted by atomic mass is 32.1. The predicted octanol–water partition coefficient (Wildman–Crippen LogP) is 5.31. The largest absolute Gasteiger partial charge is 0.399 e. The van der Waals surface area contributed by atoms with E-state index in [9.17, 15) is 4.39 Å². The van der Waals surface area contributed by atoms with Crippen molar-refractivity contribution < 1.29 is 4.39 Å². The lowest BCUT2D eigenvalue weighted by Gasteiger charge is -2.17. The number of nitrogen functional groups attached to an aromatic ring is 1. The minimum absolute atomic E-state index is 0.266. The fraction of sp³-hybridized carbons (Fsp3) is 0.467. The zero-order valence-corrected chi connectivity index (χ0v) is 13.0. The molecular weight excluding hydrogens is 245 g/mol. The van der Waals surface area contributed by atoms with Gasteiger partial charge in [-0.2, -0.15) is 0 Å². The molecule has 0 aliphatic carbocycles. The van der Waals surface area contributed by atoms with Crippen molar-refractivity contribution >= 4 is 23.2 Å². The van der Waals surface area contributed by atoms with Gasteiger partial charge in [0.05, 0.1) is 0 Å². The molecule has 0 heterocycles. The monoisotopic (exact) mass is 269 g/mol. The minimum atomic E-state index is -0.266. The third-order valence-corrected chi connectivity index (χ3v) is 3.11. The lowest BCUT2D eigenvalue weighted by atomic mass is 9.92. The highest BCUT2D eigenvalue weighted by Crippen LogP contribution is 2.34. The molecule has 2 N–H and O–H groups in total. The number of anilines is 1. The average molecular weight is 269 g/mol. The molecule has 0 atom stereocenters. The molecule has 3 heteroatoms. The van der Waals surface area contributed by atoms with Crippen molar-refractivity contribution in [2.75, 3.05) is 5.73 Å². The third-order valence-electron chi connectivity index (χ3n) is 2.57. The molecule has 0 amide bonds. The molecule has 18 heavy (non-hydrogen) atoms. The second-order valence-electron chi connectivity index (χ2n) is 4.34. The van der Waals surface area contributed by atoms with E-state index >= 15 is 0 Å². The Morgan fingerprint density at radius 2 is 1.78 bits per heavy atom. The van der Waals surface area contributed by atoms with Crippen LogP contribution in [0.4, 0.5) is 10.1 Å². The van der Waals surface area contributed by atoms with E-state index in [1.54, 1.807) is 0 Å². The molecular formula is C15H24FNS. The summed E-state index contributed by atoms with van der Waals surface area (Å²) in [6.07, 6.45) is 0. The van der Waals surface area contributed by atoms with E-state index in [-0.39, 0.29) is 5.83 Å². The normalized spacial score (nSPS) is 11.8. The molecule has 0 spiro atoms. The maximum absolute atomic E-state index is 13.3. The lowest BCUT2D eigenvalue weighted by Crippen LogP contribution is -2.00. The number of hydrogen-bond acceptors (Lipinski definition) is 2. The Morgan fingerprint density at radius 3 is 2.17 bits per heavy atom. The second-order valence-corrected chi connectivity index (χ2v) is 4.79. The fourth-order valence-electron chi connectivity index (χ4n) is 1.79. The van der Waals surface area contributed by atoms with Crippen LogP contribution in [0.5, 0.6) is 0 Å². The van der Waals surface area contributed by atoms with Gasteiger partial charge in [-0.05, 0) is 48.6 Å². The van der Waals surface area contributed by atoms with Gasteiger partial charge in [0, 0.05) is 10.6 Å². The van der Waals surface area contributed by atoms with E-state index in [1.807, 2.05) is 32.9 Å². The molecule has 0 aromatic heterocycles. The van der Waals surface area contributed by atoms with E-state index in [4.69, 9.17) is 5.73 Å². The van der Waals surface area contributed by atoms with Crippen LogP contribution in [0.1, 0.15) is 57.2 Å². The molecule has 0 aliphatic heterocycles. The van der Waals surface area contributed by atoms with Crippen LogP contribution in [0.2, 0.25) is 0 Å². The Kier molecular flexibility index (Phi) is 7.07. The lowest BCUT2D eigenvalue weighted by molar-refractivity contribution is 0.646. The van der Waals surface area contributed by atoms with Crippen molar-refractivity contribution in [3.05, 3.63) is 34.6 Å². The summed E-state index contributed by atoms with van der Waals surface area (Å²) in [6, 6.07) is 3.74. The Labute approximate surface area is 116 Å². The van der Waals surface area contributed by atoms with Crippen LogP contribution in [0, 0.1) is 6.92 Å². The number of rotatable bonds is 2. The molecule has 0 bridgehead atoms. The van der Waals surface area contributed by atoms with Gasteiger partial charge in [0.15, 0.2) is 0 Å². The molecule has 1 aromatic carbocycles. The molecule has 0 radical (unpaired) electrons. The van der Waals surface area contributed by atoms with E-state index < -0.39 is 0 Å². The Hall–Kier alpha value is -0.960. The SMILES string of the molecule is C/C(F)=C(/S)c1c(C)cc(N)cc1C(C)C.CC. The summed E-state index contributed by atoms with van der Waals surface area (Å²) in [6.45, 7) is 11.5. The first-order valence-corrected chi connectivity index (χ1v) is 6.75. The van der Waals surface area contributed by atoms with Gasteiger partial charge in [0.25, 0.3) is 0 Å². The number of benzene rings is 1. The summed E-state index contributed by atoms with van der Waals surface area (Å²) in [5.74, 6) is 0.0248. The molecule has 1 aromatic rings. The highest BCUT2D eigenvalue weighted by Gasteiger charge is 2.14. The van der Waals surface area contributed by atoms with E-state index in [1.165, 1.54) is 6.92 Å². The maximum Gasteiger partial charge on any atom is 0.111 e. The molecule has 0 aliphatic rings. The minimum Gasteiger partial charge on any atom is -0.399 e. The zero-order valence-electron chi connectivity index (χ0n) is 12.1. The average Bonchev–Trinajstić information content (AvgIpc) is 2.29. The number of thiol groups is 1. The number of allylic oxidation sites excluding steroid dienone is 1. The number of aryl methyl sites for hydroxylation is 1. The number of halogens is 1. The summed E-state index contributed by atoms with van der Waals surface area (Å²) < 4.78 is 13.3. The molecule has 0 unspecified atom stereocenters. The smallest absolute Gasteiger partial charge is 0.111 e. The molecule has 1 nitrogen and oxygen atoms in total. The van der Waals surface area contributed by atoms with Gasteiger partial charge in [0.1, 0.15) is 5.83 Å². The highest BCUT2D eigenvalue weighted by molar-refractivity contribution is 7.90. The zero-order chi connectivity index (χ0) is 14.5. The van der Waals surface area contributed by atoms with Gasteiger partial charge in [-0.15, -0.1) is 12.6 Å². The first-order valence-electron chi connectivity index (χ1n) is 6.30. The van der Waals surface area contributed by atoms with Crippen LogP contribution >= 0.6 is 12.6 Å². The Morgan fingerprint density at radius 1 is 1.28 bits per heavy atom. The third kappa shape index (κ3) is 4.05. The summed E-state index contributed by atoms with van der Waals surface area (Å²) in [7, 11) is 0. The molecule has 102 valence electrons. The summed E-state index contributed by atoms with van der Waals surface area (Å²) in [5.41, 5.74) is 9.39. The van der Waals surface area contributed by atoms with Gasteiger partial charge in [0.2, 0.25) is 0 Å². The number of nitrogens with two attached hydrogens (primary N) is 1. The van der Waals surface area contributed by atoms with Crippen LogP contribution in [-0.4, -0.2) is 0 Å².